The number of non-ortho nitro benzene ring substituents is 1. The van der Waals surface area contributed by atoms with E-state index < -0.39 is 23.7 Å². The Hall–Kier alpha value is -8.29. The zero-order valence-corrected chi connectivity index (χ0v) is 70.1. The molecule has 9 aromatic carbocycles. The van der Waals surface area contributed by atoms with E-state index in [9.17, 15) is 31.7 Å². The van der Waals surface area contributed by atoms with Gasteiger partial charge in [-0.3, -0.25) is 10.1 Å². The number of alkyl halides is 3. The summed E-state index contributed by atoms with van der Waals surface area (Å²) >= 11 is 5.78. The van der Waals surface area contributed by atoms with Crippen molar-refractivity contribution in [3.63, 3.8) is 0 Å². The van der Waals surface area contributed by atoms with Crippen molar-refractivity contribution in [2.75, 3.05) is 18.1 Å². The molecule has 9 aromatic rings. The number of nitro benzene ring substituents is 1. The van der Waals surface area contributed by atoms with Crippen LogP contribution in [0.15, 0.2) is 223 Å². The predicted molar refractivity (Wildman–Crippen MR) is 456 cm³/mol. The Morgan fingerprint density at radius 1 is 0.523 bits per heavy atom. The number of nitrogens with zero attached hydrogens (tertiary/aromatic N) is 2. The predicted octanol–water partition coefficient (Wildman–Crippen LogP) is 25.5. The zero-order valence-electron chi connectivity index (χ0n) is 64.6. The lowest BCUT2D eigenvalue weighted by Crippen LogP contribution is -2.40. The first-order valence-corrected chi connectivity index (χ1v) is 44.9. The van der Waals surface area contributed by atoms with Crippen molar-refractivity contribution in [1.82, 2.24) is 0 Å². The van der Waals surface area contributed by atoms with Crippen LogP contribution >= 0.6 is 38.5 Å². The highest BCUT2D eigenvalue weighted by Gasteiger charge is 2.55. The number of allylic oxidation sites excluding steroid dienone is 7. The molecule has 568 valence electrons. The van der Waals surface area contributed by atoms with Crippen LogP contribution in [0.25, 0.3) is 33.4 Å². The number of benzene rings is 9. The zero-order chi connectivity index (χ0) is 78.0. The van der Waals surface area contributed by atoms with Gasteiger partial charge in [0.05, 0.1) is 26.2 Å². The molecule has 0 N–H and O–H groups in total. The molecule has 109 heavy (non-hydrogen) atoms. The highest BCUT2D eigenvalue weighted by atomic mass is 127. The molecule has 1 aliphatic heterocycles. The molecule has 1 heterocycles. The molecule has 9 nitrogen and oxygen atoms in total. The van der Waals surface area contributed by atoms with Crippen molar-refractivity contribution in [2.24, 2.45) is 35.5 Å². The monoisotopic (exact) mass is 1680 g/mol. The van der Waals surface area contributed by atoms with Gasteiger partial charge in [0.2, 0.25) is 0 Å². The Balaban J connectivity index is 0.000000129. The largest absolute Gasteiger partial charge is 0.534 e. The van der Waals surface area contributed by atoms with Crippen LogP contribution in [0.3, 0.4) is 0 Å². The maximum Gasteiger partial charge on any atom is 0.534 e. The van der Waals surface area contributed by atoms with Gasteiger partial charge in [0.15, 0.2) is 0 Å². The Kier molecular flexibility index (Phi) is 24.8. The molecular formula is C93H99BrF3IN2O7SSi. The van der Waals surface area contributed by atoms with Crippen LogP contribution in [0.4, 0.5) is 30.2 Å². The quantitative estimate of drug-likeness (QED) is 0.0214. The molecule has 6 bridgehead atoms. The fourth-order valence-corrected chi connectivity index (χ4v) is 19.6. The summed E-state index contributed by atoms with van der Waals surface area (Å²) in [6.45, 7) is 28.1. The molecule has 0 amide bonds. The van der Waals surface area contributed by atoms with Gasteiger partial charge in [0, 0.05) is 43.5 Å². The topological polar surface area (TPSA) is 108 Å². The van der Waals surface area contributed by atoms with Crippen LogP contribution in [0, 0.1) is 105 Å². The van der Waals surface area contributed by atoms with Gasteiger partial charge >= 0.3 is 15.6 Å². The van der Waals surface area contributed by atoms with Crippen molar-refractivity contribution < 1.29 is 40.2 Å². The summed E-state index contributed by atoms with van der Waals surface area (Å²) in [6, 6.07) is 58.8. The first-order chi connectivity index (χ1) is 51.9. The van der Waals surface area contributed by atoms with Gasteiger partial charge in [0.25, 0.3) is 5.69 Å². The molecule has 8 atom stereocenters. The molecule has 7 aliphatic carbocycles. The van der Waals surface area contributed by atoms with Crippen molar-refractivity contribution >= 4 is 79.0 Å². The number of hydrogen-bond donors (Lipinski definition) is 0. The molecule has 0 spiro atoms. The van der Waals surface area contributed by atoms with Gasteiger partial charge in [-0.25, -0.2) is 0 Å². The minimum Gasteiger partial charge on any atom is -0.494 e. The second-order valence-corrected chi connectivity index (χ2v) is 40.1. The lowest BCUT2D eigenvalue weighted by molar-refractivity contribution is -0.384. The molecule has 0 saturated heterocycles. The van der Waals surface area contributed by atoms with Gasteiger partial charge in [-0.15, -0.1) is 0 Å². The first-order valence-electron chi connectivity index (χ1n) is 38.1. The number of rotatable bonds is 13. The smallest absolute Gasteiger partial charge is 0.494 e. The summed E-state index contributed by atoms with van der Waals surface area (Å²) in [7, 11) is -7.69. The minimum absolute atomic E-state index is 0.146. The van der Waals surface area contributed by atoms with E-state index in [0.29, 0.717) is 58.2 Å². The Morgan fingerprint density at radius 3 is 1.53 bits per heavy atom. The summed E-state index contributed by atoms with van der Waals surface area (Å²) in [4.78, 5) is 13.1. The van der Waals surface area contributed by atoms with Gasteiger partial charge < -0.3 is 18.6 Å². The third-order valence-electron chi connectivity index (χ3n) is 22.5. The fourth-order valence-electron chi connectivity index (χ4n) is 16.9. The van der Waals surface area contributed by atoms with Gasteiger partial charge in [-0.2, -0.15) is 21.6 Å². The van der Waals surface area contributed by atoms with Gasteiger partial charge in [0.1, 0.15) is 17.2 Å². The second kappa shape index (κ2) is 33.7. The van der Waals surface area contributed by atoms with E-state index >= 15 is 0 Å². The minimum atomic E-state index is -5.64. The highest BCUT2D eigenvalue weighted by Crippen LogP contribution is 2.64. The van der Waals surface area contributed by atoms with Crippen LogP contribution in [0.5, 0.6) is 17.2 Å². The van der Waals surface area contributed by atoms with Crippen LogP contribution in [0.1, 0.15) is 125 Å². The van der Waals surface area contributed by atoms with E-state index in [4.69, 9.17) is 9.47 Å². The Morgan fingerprint density at radius 2 is 1.01 bits per heavy atom. The third-order valence-corrected chi connectivity index (χ3v) is 27.2. The van der Waals surface area contributed by atoms with Gasteiger partial charge in [-0.05, 0) is 324 Å². The van der Waals surface area contributed by atoms with Crippen molar-refractivity contribution in [2.45, 2.75) is 150 Å². The van der Waals surface area contributed by atoms with Crippen LogP contribution in [0.2, 0.25) is 19.6 Å². The van der Waals surface area contributed by atoms with Crippen LogP contribution in [-0.2, 0) is 10.1 Å². The third kappa shape index (κ3) is 18.0. The lowest BCUT2D eigenvalue weighted by Gasteiger charge is -2.37. The van der Waals surface area contributed by atoms with E-state index in [1.165, 1.54) is 107 Å². The number of nitro groups is 1. The van der Waals surface area contributed by atoms with Crippen molar-refractivity contribution in [3.05, 3.63) is 298 Å². The average molecular weight is 1680 g/mol. The molecule has 17 rings (SSSR count). The molecule has 16 heteroatoms. The molecule has 0 radical (unpaired) electrons. The standard InChI is InChI=1S/C30H30O.C21H20N2O2.C15H15BrO.C12H17F3O3SSi.C8H9I.C7H8/c1-4-13-31-24-10-7-20(8-11-24)21-9-12-25-27(17-21)26-14-18(2)19(3)15-28(26)30-23-6-5-22(16-23)29(25)30;1-12-9-13(2)19-18(10-12)22(16-5-7-17(8-6-16)23(24)25)21-15-4-3-14(11-15)20(19)21;1-2-11-17-15-9-5-13(6-10-15)12-3-7-14(16)8-4-12;1-8-6-10(18-19(16,17)12(13,14)15)11(7-9(8)2)20(3,4)5;1-6-3-4-8(9)7(2)5-6;1-2-7-4-3-6(1)5-7/h5-12,14-15,17,22-23,29-30H,4,13,16H2,1-3H3;3-10,14-15,20-21H,11H2,1-2H3;3-10H,2,11H2,1H3;6-7H,1-5H3;3-5H,1-2H3;1-4,6-7H,5H2/t22?,23?,29-,30+;;;;;/m0...../s1. The van der Waals surface area contributed by atoms with Gasteiger partial charge in [-0.1, -0.05) is 189 Å². The molecule has 8 aliphatic rings. The summed E-state index contributed by atoms with van der Waals surface area (Å²) in [5.41, 5.74) is 19.3. The number of anilines is 2. The number of halogens is 5. The number of aryl methyl sites for hydroxylation is 8. The first kappa shape index (κ1) is 80.2. The summed E-state index contributed by atoms with van der Waals surface area (Å²) in [6.07, 6.45) is 24.9. The summed E-state index contributed by atoms with van der Waals surface area (Å²) < 4.78 is 77.7. The molecular weight excluding hydrogens is 1580 g/mol. The maximum atomic E-state index is 12.4. The summed E-state index contributed by atoms with van der Waals surface area (Å²) in [5, 5.41) is 11.5. The van der Waals surface area contributed by atoms with E-state index in [1.54, 1.807) is 36.2 Å². The van der Waals surface area contributed by atoms with E-state index in [-0.39, 0.29) is 16.4 Å². The summed E-state index contributed by atoms with van der Waals surface area (Å²) in [5.74, 6) is 7.72. The molecule has 2 fully saturated rings. The molecule has 0 aromatic heterocycles. The van der Waals surface area contributed by atoms with E-state index in [1.807, 2.05) is 50.8 Å². The lowest BCUT2D eigenvalue weighted by atomic mass is 9.66. The Labute approximate surface area is 666 Å². The van der Waals surface area contributed by atoms with Crippen LogP contribution in [-0.4, -0.2) is 46.2 Å². The molecule has 2 saturated carbocycles. The van der Waals surface area contributed by atoms with Crippen LogP contribution < -0.4 is 23.7 Å². The number of fused-ring (bicyclic) bond motifs is 19. The molecule has 6 unspecified atom stereocenters. The SMILES string of the molecule is C1=CC2C=CC1C2.CCCOc1ccc(-c2ccc(Br)cc2)cc1.CCCOc1ccc(-c2ccc3c(c2)-c2cc(C)c(C)cc2[C@H]2C4C=CC(C4)[C@@H]32)cc1.Cc1cc(C)c2c(c1)N(c1ccc([N+](=O)[O-])cc1)C1C3C=CC(C3)C21.Cc1cc(OS(=O)(=O)C(F)(F)F)c([Si](C)(C)C)cc1C.Cc1ccc(I)c(C)c1. The van der Waals surface area contributed by atoms with E-state index in [0.717, 1.165) is 65.1 Å². The normalized spacial score (nSPS) is 21.1. The number of ether oxygens (including phenoxy) is 2. The second-order valence-electron chi connectivity index (χ2n) is 31.5. The maximum absolute atomic E-state index is 12.4. The highest BCUT2D eigenvalue weighted by molar-refractivity contribution is 14.1. The van der Waals surface area contributed by atoms with Crippen molar-refractivity contribution in [1.29, 1.82) is 0 Å². The fraction of sp³-hybridized carbons (Fsp3) is 0.333. The van der Waals surface area contributed by atoms with E-state index in [2.05, 4.69) is 273 Å². The average Bonchev–Trinajstić information content (AvgIpc) is 1.56. The van der Waals surface area contributed by atoms with Crippen molar-refractivity contribution in [3.8, 4) is 50.6 Å². The number of hydrogen-bond acceptors (Lipinski definition) is 8. The Bertz CT molecular complexity index is 5030.